The Morgan fingerprint density at radius 1 is 1.00 bits per heavy atom. The van der Waals surface area contributed by atoms with Gasteiger partial charge < -0.3 is 15.4 Å². The molecule has 10 heteroatoms. The van der Waals surface area contributed by atoms with Crippen LogP contribution in [0.3, 0.4) is 0 Å². The van der Waals surface area contributed by atoms with Crippen molar-refractivity contribution in [2.45, 2.75) is 64.9 Å². The van der Waals surface area contributed by atoms with Crippen molar-refractivity contribution in [2.24, 2.45) is 5.92 Å². The lowest BCUT2D eigenvalue weighted by Crippen LogP contribution is -2.26. The van der Waals surface area contributed by atoms with E-state index in [2.05, 4.69) is 30.6 Å². The molecule has 0 amide bonds. The average Bonchev–Trinajstić information content (AvgIpc) is 3.51. The molecule has 0 aromatic carbocycles. The summed E-state index contributed by atoms with van der Waals surface area (Å²) in [5.41, 5.74) is -0.960. The summed E-state index contributed by atoms with van der Waals surface area (Å²) in [5.74, 6) is 1.18. The SMILES string of the molecule is CC(COC(C)C)Nc1nc(NC(C)C2CC2)nc(-c2cccc(C(F)(F)F)n2)n1. The Morgan fingerprint density at radius 2 is 1.67 bits per heavy atom. The fraction of sp³-hybridized carbons (Fsp3) is 0.600. The van der Waals surface area contributed by atoms with E-state index in [9.17, 15) is 13.2 Å². The molecule has 1 fully saturated rings. The number of pyridine rings is 1. The maximum absolute atomic E-state index is 13.1. The summed E-state index contributed by atoms with van der Waals surface area (Å²) in [6.45, 7) is 8.26. The first-order valence-corrected chi connectivity index (χ1v) is 10.1. The summed E-state index contributed by atoms with van der Waals surface area (Å²) >= 11 is 0. The molecule has 0 saturated heterocycles. The van der Waals surface area contributed by atoms with E-state index in [1.165, 1.54) is 12.1 Å². The van der Waals surface area contributed by atoms with Crippen LogP contribution in [0.15, 0.2) is 18.2 Å². The Labute approximate surface area is 173 Å². The van der Waals surface area contributed by atoms with Gasteiger partial charge in [0.1, 0.15) is 11.4 Å². The average molecular weight is 424 g/mol. The number of alkyl halides is 3. The lowest BCUT2D eigenvalue weighted by molar-refractivity contribution is -0.141. The molecule has 164 valence electrons. The zero-order valence-electron chi connectivity index (χ0n) is 17.5. The summed E-state index contributed by atoms with van der Waals surface area (Å²) in [4.78, 5) is 16.7. The Kier molecular flexibility index (Phi) is 6.74. The third-order valence-electron chi connectivity index (χ3n) is 4.64. The molecule has 2 aromatic heterocycles. The van der Waals surface area contributed by atoms with Crippen LogP contribution in [0.1, 0.15) is 46.2 Å². The van der Waals surface area contributed by atoms with Gasteiger partial charge in [-0.25, -0.2) is 4.98 Å². The maximum atomic E-state index is 13.1. The summed E-state index contributed by atoms with van der Waals surface area (Å²) in [5, 5.41) is 6.37. The van der Waals surface area contributed by atoms with Crippen LogP contribution in [0, 0.1) is 5.92 Å². The van der Waals surface area contributed by atoms with Crippen LogP contribution in [0.5, 0.6) is 0 Å². The summed E-state index contributed by atoms with van der Waals surface area (Å²) in [6, 6.07) is 3.72. The molecule has 2 unspecified atom stereocenters. The fourth-order valence-corrected chi connectivity index (χ4v) is 2.85. The van der Waals surface area contributed by atoms with Crippen molar-refractivity contribution in [1.29, 1.82) is 0 Å². The predicted octanol–water partition coefficient (Wildman–Crippen LogP) is 4.39. The fourth-order valence-electron chi connectivity index (χ4n) is 2.85. The highest BCUT2D eigenvalue weighted by Gasteiger charge is 2.33. The molecule has 3 rings (SSSR count). The monoisotopic (exact) mass is 424 g/mol. The van der Waals surface area contributed by atoms with E-state index >= 15 is 0 Å². The van der Waals surface area contributed by atoms with Gasteiger partial charge in [-0.05, 0) is 58.6 Å². The highest BCUT2D eigenvalue weighted by molar-refractivity contribution is 5.54. The molecule has 2 atom stereocenters. The van der Waals surface area contributed by atoms with Crippen LogP contribution in [0.4, 0.5) is 25.1 Å². The third kappa shape index (κ3) is 6.25. The highest BCUT2D eigenvalue weighted by atomic mass is 19.4. The first kappa shape index (κ1) is 22.2. The Hall–Kier alpha value is -2.49. The molecule has 0 aliphatic heterocycles. The number of anilines is 2. The second kappa shape index (κ2) is 9.11. The minimum Gasteiger partial charge on any atom is -0.377 e. The van der Waals surface area contributed by atoms with Gasteiger partial charge in [0.05, 0.1) is 12.7 Å². The molecule has 2 N–H and O–H groups in total. The molecular weight excluding hydrogens is 397 g/mol. The molecule has 7 nitrogen and oxygen atoms in total. The number of rotatable bonds is 9. The van der Waals surface area contributed by atoms with Crippen molar-refractivity contribution < 1.29 is 17.9 Å². The van der Waals surface area contributed by atoms with Gasteiger partial charge in [0.25, 0.3) is 0 Å². The molecule has 0 bridgehead atoms. The van der Waals surface area contributed by atoms with Crippen molar-refractivity contribution in [3.8, 4) is 11.5 Å². The summed E-state index contributed by atoms with van der Waals surface area (Å²) in [6.07, 6.45) is -2.20. The quantitative estimate of drug-likeness (QED) is 0.618. The van der Waals surface area contributed by atoms with Gasteiger partial charge in [-0.3, -0.25) is 0 Å². The van der Waals surface area contributed by atoms with Gasteiger partial charge in [-0.15, -0.1) is 0 Å². The van der Waals surface area contributed by atoms with Crippen LogP contribution in [-0.2, 0) is 10.9 Å². The number of halogens is 3. The zero-order valence-corrected chi connectivity index (χ0v) is 17.5. The van der Waals surface area contributed by atoms with Gasteiger partial charge >= 0.3 is 6.18 Å². The molecule has 1 aliphatic rings. The highest BCUT2D eigenvalue weighted by Crippen LogP contribution is 2.34. The Bertz CT molecular complexity index is 857. The first-order valence-electron chi connectivity index (χ1n) is 10.1. The Morgan fingerprint density at radius 3 is 2.27 bits per heavy atom. The topological polar surface area (TPSA) is 84.9 Å². The van der Waals surface area contributed by atoms with Crippen LogP contribution in [0.25, 0.3) is 11.5 Å². The van der Waals surface area contributed by atoms with Crippen LogP contribution in [-0.4, -0.2) is 44.7 Å². The van der Waals surface area contributed by atoms with Crippen LogP contribution >= 0.6 is 0 Å². The van der Waals surface area contributed by atoms with Crippen molar-refractivity contribution in [3.05, 3.63) is 23.9 Å². The zero-order chi connectivity index (χ0) is 21.9. The molecule has 0 radical (unpaired) electrons. The molecule has 30 heavy (non-hydrogen) atoms. The summed E-state index contributed by atoms with van der Waals surface area (Å²) in [7, 11) is 0. The number of nitrogens with one attached hydrogen (secondary N) is 2. The van der Waals surface area contributed by atoms with Gasteiger partial charge in [-0.1, -0.05) is 6.07 Å². The first-order chi connectivity index (χ1) is 14.1. The van der Waals surface area contributed by atoms with Gasteiger partial charge in [0.15, 0.2) is 5.82 Å². The number of nitrogens with zero attached hydrogens (tertiary/aromatic N) is 4. The third-order valence-corrected chi connectivity index (χ3v) is 4.64. The standard InChI is InChI=1S/C20H27F3N6O/c1-11(2)30-10-12(3)24-18-27-17(15-6-5-7-16(26-15)20(21,22)23)28-19(29-18)25-13(4)14-8-9-14/h5-7,11-14H,8-10H2,1-4H3,(H2,24,25,27,28,29). The molecular formula is C20H27F3N6O. The lowest BCUT2D eigenvalue weighted by atomic mass is 10.2. The molecule has 1 aliphatic carbocycles. The van der Waals surface area contributed by atoms with Crippen molar-refractivity contribution >= 4 is 11.9 Å². The smallest absolute Gasteiger partial charge is 0.377 e. The van der Waals surface area contributed by atoms with E-state index in [1.54, 1.807) is 0 Å². The minimum absolute atomic E-state index is 0.0310. The van der Waals surface area contributed by atoms with Gasteiger partial charge in [0.2, 0.25) is 11.9 Å². The number of hydrogen-bond donors (Lipinski definition) is 2. The van der Waals surface area contributed by atoms with Crippen molar-refractivity contribution in [1.82, 2.24) is 19.9 Å². The van der Waals surface area contributed by atoms with E-state index in [0.717, 1.165) is 18.9 Å². The number of ether oxygens (including phenoxy) is 1. The number of aromatic nitrogens is 4. The molecule has 2 aromatic rings. The van der Waals surface area contributed by atoms with E-state index < -0.39 is 11.9 Å². The van der Waals surface area contributed by atoms with Crippen molar-refractivity contribution in [2.75, 3.05) is 17.2 Å². The normalized spacial score (nSPS) is 16.4. The van der Waals surface area contributed by atoms with Gasteiger partial charge in [0, 0.05) is 12.1 Å². The van der Waals surface area contributed by atoms with E-state index in [-0.39, 0.29) is 35.7 Å². The predicted molar refractivity (Wildman–Crippen MR) is 108 cm³/mol. The lowest BCUT2D eigenvalue weighted by Gasteiger charge is -2.18. The van der Waals surface area contributed by atoms with Crippen LogP contribution in [0.2, 0.25) is 0 Å². The van der Waals surface area contributed by atoms with E-state index in [0.29, 0.717) is 18.5 Å². The molecule has 0 spiro atoms. The second-order valence-corrected chi connectivity index (χ2v) is 7.91. The maximum Gasteiger partial charge on any atom is 0.433 e. The molecule has 2 heterocycles. The number of hydrogen-bond acceptors (Lipinski definition) is 7. The van der Waals surface area contributed by atoms with Crippen molar-refractivity contribution in [3.63, 3.8) is 0 Å². The van der Waals surface area contributed by atoms with Crippen LogP contribution < -0.4 is 10.6 Å². The second-order valence-electron chi connectivity index (χ2n) is 7.91. The summed E-state index contributed by atoms with van der Waals surface area (Å²) < 4.78 is 44.8. The van der Waals surface area contributed by atoms with E-state index in [4.69, 9.17) is 4.74 Å². The van der Waals surface area contributed by atoms with Gasteiger partial charge in [-0.2, -0.15) is 28.1 Å². The Balaban J connectivity index is 1.89. The van der Waals surface area contributed by atoms with E-state index in [1.807, 2.05) is 27.7 Å². The molecule has 1 saturated carbocycles. The largest absolute Gasteiger partial charge is 0.433 e. The minimum atomic E-state index is -4.55.